The smallest absolute Gasteiger partial charge is 0.258 e. The second-order valence-corrected chi connectivity index (χ2v) is 8.57. The van der Waals surface area contributed by atoms with Crippen molar-refractivity contribution in [3.63, 3.8) is 0 Å². The van der Waals surface area contributed by atoms with Crippen LogP contribution in [0.25, 0.3) is 11.0 Å². The molecular weight excluding hydrogens is 444 g/mol. The molecule has 35 heavy (non-hydrogen) atoms. The average molecular weight is 473 g/mol. The van der Waals surface area contributed by atoms with Crippen molar-refractivity contribution in [3.05, 3.63) is 65.9 Å². The molecule has 1 fully saturated rings. The summed E-state index contributed by atoms with van der Waals surface area (Å²) < 4.78 is 12.1. The molecule has 0 aliphatic carbocycles. The number of aromatic nitrogens is 4. The number of benzene rings is 1. The van der Waals surface area contributed by atoms with Crippen molar-refractivity contribution in [2.45, 2.75) is 46.1 Å². The number of aryl methyl sites for hydroxylation is 1. The quantitative estimate of drug-likeness (QED) is 0.281. The maximum Gasteiger partial charge on any atom is 0.258 e. The van der Waals surface area contributed by atoms with Gasteiger partial charge in [-0.05, 0) is 38.0 Å². The van der Waals surface area contributed by atoms with E-state index in [0.717, 1.165) is 54.8 Å². The highest BCUT2D eigenvalue weighted by molar-refractivity contribution is 5.99. The van der Waals surface area contributed by atoms with Gasteiger partial charge in [-0.2, -0.15) is 4.98 Å². The second kappa shape index (κ2) is 10.1. The molecule has 9 heteroatoms. The molecule has 4 heterocycles. The van der Waals surface area contributed by atoms with Gasteiger partial charge in [-0.15, -0.1) is 0 Å². The summed E-state index contributed by atoms with van der Waals surface area (Å²) in [7, 11) is 0. The molecule has 0 N–H and O–H groups in total. The fourth-order valence-electron chi connectivity index (χ4n) is 3.97. The summed E-state index contributed by atoms with van der Waals surface area (Å²) in [6.45, 7) is 7.45. The summed E-state index contributed by atoms with van der Waals surface area (Å²) in [6.07, 6.45) is 7.91. The van der Waals surface area contributed by atoms with Crippen LogP contribution in [-0.4, -0.2) is 44.8 Å². The van der Waals surface area contributed by atoms with E-state index < -0.39 is 0 Å². The molecule has 1 saturated heterocycles. The molecule has 0 bridgehead atoms. The van der Waals surface area contributed by atoms with E-state index in [2.05, 4.69) is 36.9 Å². The predicted octanol–water partition coefficient (Wildman–Crippen LogP) is 4.73. The van der Waals surface area contributed by atoms with Crippen LogP contribution in [0.3, 0.4) is 0 Å². The van der Waals surface area contributed by atoms with Crippen molar-refractivity contribution >= 4 is 22.6 Å². The zero-order valence-corrected chi connectivity index (χ0v) is 20.1. The number of rotatable bonds is 7. The van der Waals surface area contributed by atoms with E-state index in [1.807, 2.05) is 56.6 Å². The van der Waals surface area contributed by atoms with Gasteiger partial charge in [-0.25, -0.2) is 15.0 Å². The van der Waals surface area contributed by atoms with Gasteiger partial charge >= 0.3 is 0 Å². The largest absolute Gasteiger partial charge is 0.474 e. The number of para-hydroxylation sites is 1. The predicted molar refractivity (Wildman–Crippen MR) is 133 cm³/mol. The molecule has 0 amide bonds. The van der Waals surface area contributed by atoms with Gasteiger partial charge in [-0.1, -0.05) is 30.3 Å². The van der Waals surface area contributed by atoms with E-state index in [9.17, 15) is 0 Å². The first-order chi connectivity index (χ1) is 17.1. The van der Waals surface area contributed by atoms with Gasteiger partial charge < -0.3 is 18.9 Å². The van der Waals surface area contributed by atoms with E-state index >= 15 is 0 Å². The SMILES string of the molecule is CCc1cnc(N2CCC(Oc3ncnc(ON=C(C)c4cc5ccccc5o4)c3C)CC2)nc1. The molecule has 4 aromatic rings. The Morgan fingerprint density at radius 3 is 2.57 bits per heavy atom. The fraction of sp³-hybridized carbons (Fsp3) is 0.346. The molecule has 1 aliphatic heterocycles. The van der Waals surface area contributed by atoms with Crippen LogP contribution >= 0.6 is 0 Å². The van der Waals surface area contributed by atoms with Crippen molar-refractivity contribution in [2.75, 3.05) is 18.0 Å². The maximum atomic E-state index is 6.21. The molecule has 0 radical (unpaired) electrons. The second-order valence-electron chi connectivity index (χ2n) is 8.57. The van der Waals surface area contributed by atoms with Gasteiger partial charge in [0.15, 0.2) is 5.76 Å². The van der Waals surface area contributed by atoms with Crippen LogP contribution in [0.1, 0.15) is 43.6 Å². The van der Waals surface area contributed by atoms with Crippen LogP contribution in [-0.2, 0) is 6.42 Å². The minimum Gasteiger partial charge on any atom is -0.474 e. The summed E-state index contributed by atoms with van der Waals surface area (Å²) in [4.78, 5) is 25.4. The first-order valence-corrected chi connectivity index (χ1v) is 11.9. The van der Waals surface area contributed by atoms with Crippen molar-refractivity contribution in [2.24, 2.45) is 5.16 Å². The Hall–Kier alpha value is -4.01. The van der Waals surface area contributed by atoms with Crippen LogP contribution in [0.5, 0.6) is 11.8 Å². The first kappa shape index (κ1) is 22.8. The number of hydrogen-bond acceptors (Lipinski definition) is 9. The van der Waals surface area contributed by atoms with Gasteiger partial charge in [-0.3, -0.25) is 0 Å². The van der Waals surface area contributed by atoms with E-state index in [1.54, 1.807) is 0 Å². The number of hydrogen-bond donors (Lipinski definition) is 0. The molecule has 0 atom stereocenters. The Morgan fingerprint density at radius 1 is 1.09 bits per heavy atom. The summed E-state index contributed by atoms with van der Waals surface area (Å²) in [5, 5.41) is 5.24. The van der Waals surface area contributed by atoms with Crippen LogP contribution in [0.15, 0.2) is 58.6 Å². The minimum atomic E-state index is 0.0448. The highest BCUT2D eigenvalue weighted by Gasteiger charge is 2.24. The number of oxime groups is 1. The first-order valence-electron chi connectivity index (χ1n) is 11.9. The van der Waals surface area contributed by atoms with Gasteiger partial charge in [0, 0.05) is 43.7 Å². The Labute approximate surface area is 203 Å². The molecule has 3 aromatic heterocycles. The zero-order valence-electron chi connectivity index (χ0n) is 20.1. The summed E-state index contributed by atoms with van der Waals surface area (Å²) in [5.41, 5.74) is 3.26. The Morgan fingerprint density at radius 2 is 1.83 bits per heavy atom. The highest BCUT2D eigenvalue weighted by Crippen LogP contribution is 2.27. The van der Waals surface area contributed by atoms with Crippen LogP contribution in [0.4, 0.5) is 5.95 Å². The van der Waals surface area contributed by atoms with E-state index in [-0.39, 0.29) is 6.10 Å². The average Bonchev–Trinajstić information content (AvgIpc) is 3.34. The molecule has 5 rings (SSSR count). The fourth-order valence-corrected chi connectivity index (χ4v) is 3.97. The van der Waals surface area contributed by atoms with Crippen LogP contribution < -0.4 is 14.5 Å². The monoisotopic (exact) mass is 472 g/mol. The van der Waals surface area contributed by atoms with Gasteiger partial charge in [0.1, 0.15) is 23.7 Å². The van der Waals surface area contributed by atoms with E-state index in [0.29, 0.717) is 28.8 Å². The highest BCUT2D eigenvalue weighted by atomic mass is 16.6. The molecule has 1 aromatic carbocycles. The van der Waals surface area contributed by atoms with Crippen molar-refractivity contribution in [3.8, 4) is 11.8 Å². The molecule has 0 spiro atoms. The van der Waals surface area contributed by atoms with Crippen molar-refractivity contribution < 1.29 is 14.0 Å². The van der Waals surface area contributed by atoms with Crippen LogP contribution in [0, 0.1) is 6.92 Å². The molecule has 9 nitrogen and oxygen atoms in total. The lowest BCUT2D eigenvalue weighted by molar-refractivity contribution is 0.160. The maximum absolute atomic E-state index is 6.21. The Bertz CT molecular complexity index is 1290. The number of ether oxygens (including phenoxy) is 1. The number of anilines is 1. The number of furan rings is 1. The standard InChI is InChI=1S/C26H28N6O3/c1-4-19-14-27-26(28-15-19)32-11-9-21(10-12-32)33-24-17(2)25(30-16-29-24)35-31-18(3)23-13-20-7-5-6-8-22(20)34-23/h5-8,13-16,21H,4,9-12H2,1-3H3. The third-order valence-electron chi connectivity index (χ3n) is 6.15. The van der Waals surface area contributed by atoms with Crippen molar-refractivity contribution in [1.29, 1.82) is 0 Å². The van der Waals surface area contributed by atoms with Gasteiger partial charge in [0.2, 0.25) is 11.8 Å². The van der Waals surface area contributed by atoms with Gasteiger partial charge in [0.25, 0.3) is 5.88 Å². The molecular formula is C26H28N6O3. The topological polar surface area (TPSA) is 98.8 Å². The Balaban J connectivity index is 1.21. The lowest BCUT2D eigenvalue weighted by atomic mass is 10.1. The molecule has 1 aliphatic rings. The lowest BCUT2D eigenvalue weighted by Crippen LogP contribution is -2.39. The Kier molecular flexibility index (Phi) is 6.56. The zero-order chi connectivity index (χ0) is 24.2. The summed E-state index contributed by atoms with van der Waals surface area (Å²) in [6, 6.07) is 9.76. The third kappa shape index (κ3) is 5.08. The minimum absolute atomic E-state index is 0.0448. The normalized spacial score (nSPS) is 14.9. The van der Waals surface area contributed by atoms with E-state index in [4.69, 9.17) is 14.0 Å². The molecule has 180 valence electrons. The summed E-state index contributed by atoms with van der Waals surface area (Å²) in [5.74, 6) is 2.28. The number of fused-ring (bicyclic) bond motifs is 1. The summed E-state index contributed by atoms with van der Waals surface area (Å²) >= 11 is 0. The third-order valence-corrected chi connectivity index (χ3v) is 6.15. The van der Waals surface area contributed by atoms with Crippen molar-refractivity contribution in [1.82, 2.24) is 19.9 Å². The van der Waals surface area contributed by atoms with Crippen LogP contribution in [0.2, 0.25) is 0 Å². The van der Waals surface area contributed by atoms with Gasteiger partial charge in [0.05, 0.1) is 5.56 Å². The molecule has 0 saturated carbocycles. The van der Waals surface area contributed by atoms with E-state index in [1.165, 1.54) is 6.33 Å². The number of piperidine rings is 1. The molecule has 0 unspecified atom stereocenters. The number of nitrogens with zero attached hydrogens (tertiary/aromatic N) is 6. The lowest BCUT2D eigenvalue weighted by Gasteiger charge is -2.32.